The van der Waals surface area contributed by atoms with Crippen LogP contribution in [0.25, 0.3) is 0 Å². The van der Waals surface area contributed by atoms with E-state index in [4.69, 9.17) is 5.73 Å². The molecule has 84 valence electrons. The summed E-state index contributed by atoms with van der Waals surface area (Å²) in [6, 6.07) is -2.13. The van der Waals surface area contributed by atoms with E-state index in [9.17, 15) is 23.3 Å². The fourth-order valence-electron chi connectivity index (χ4n) is 0.964. The second kappa shape index (κ2) is 3.85. The Morgan fingerprint density at radius 2 is 2.27 bits per heavy atom. The lowest BCUT2D eigenvalue weighted by Crippen LogP contribution is -2.39. The molecule has 0 spiro atoms. The molecule has 0 bridgehead atoms. The lowest BCUT2D eigenvalue weighted by Gasteiger charge is -2.13. The summed E-state index contributed by atoms with van der Waals surface area (Å²) < 4.78 is 36.1. The van der Waals surface area contributed by atoms with Crippen LogP contribution in [-0.2, 0) is 6.42 Å². The molecule has 1 unspecified atom stereocenters. The number of nitrogens with zero attached hydrogens (tertiary/aromatic N) is 2. The molecule has 1 heterocycles. The van der Waals surface area contributed by atoms with Crippen LogP contribution in [0.3, 0.4) is 0 Å². The Morgan fingerprint density at radius 1 is 1.67 bits per heavy atom. The van der Waals surface area contributed by atoms with Crippen LogP contribution in [0, 0.1) is 10.1 Å². The van der Waals surface area contributed by atoms with Crippen LogP contribution >= 0.6 is 0 Å². The summed E-state index contributed by atoms with van der Waals surface area (Å²) in [5, 5.41) is 15.6. The maximum Gasteiger partial charge on any atom is 0.403 e. The standard InChI is InChI=1S/C6H7F3N4O2/c7-6(8,9)4(10)1-3-2-11-12-5(3)13(14)15/h2,4H,1,10H2,(H,11,12). The van der Waals surface area contributed by atoms with Crippen LogP contribution in [0.15, 0.2) is 6.20 Å². The molecular formula is C6H7F3N4O2. The van der Waals surface area contributed by atoms with Crippen LogP contribution in [0.2, 0.25) is 0 Å². The quantitative estimate of drug-likeness (QED) is 0.584. The molecule has 9 heteroatoms. The Kier molecular flexibility index (Phi) is 2.93. The van der Waals surface area contributed by atoms with Crippen LogP contribution < -0.4 is 5.73 Å². The third kappa shape index (κ3) is 2.65. The van der Waals surface area contributed by atoms with Gasteiger partial charge in [-0.05, 0) is 4.92 Å². The van der Waals surface area contributed by atoms with Gasteiger partial charge >= 0.3 is 12.0 Å². The molecule has 0 aliphatic rings. The highest BCUT2D eigenvalue weighted by molar-refractivity contribution is 5.30. The zero-order chi connectivity index (χ0) is 11.6. The maximum atomic E-state index is 12.0. The van der Waals surface area contributed by atoms with E-state index in [2.05, 4.69) is 5.10 Å². The first kappa shape index (κ1) is 11.4. The van der Waals surface area contributed by atoms with E-state index in [0.717, 1.165) is 6.20 Å². The van der Waals surface area contributed by atoms with Crippen molar-refractivity contribution < 1.29 is 18.1 Å². The van der Waals surface area contributed by atoms with Gasteiger partial charge in [0.2, 0.25) is 0 Å². The zero-order valence-corrected chi connectivity index (χ0v) is 7.28. The second-order valence-electron chi connectivity index (χ2n) is 2.85. The van der Waals surface area contributed by atoms with Gasteiger partial charge in [0.05, 0.1) is 11.8 Å². The molecule has 1 aromatic rings. The van der Waals surface area contributed by atoms with Gasteiger partial charge in [0.15, 0.2) is 0 Å². The molecule has 1 rings (SSSR count). The molecule has 0 aliphatic carbocycles. The molecule has 1 atom stereocenters. The molecule has 0 radical (unpaired) electrons. The van der Waals surface area contributed by atoms with Crippen molar-refractivity contribution in [3.63, 3.8) is 0 Å². The van der Waals surface area contributed by atoms with Crippen LogP contribution in [0.1, 0.15) is 5.56 Å². The van der Waals surface area contributed by atoms with E-state index in [0.29, 0.717) is 0 Å². The molecule has 0 aliphatic heterocycles. The Balaban J connectivity index is 2.81. The smallest absolute Gasteiger partial charge is 0.358 e. The summed E-state index contributed by atoms with van der Waals surface area (Å²) in [5.74, 6) is -0.560. The highest BCUT2D eigenvalue weighted by Gasteiger charge is 2.38. The Hall–Kier alpha value is -1.64. The number of hydrogen-bond acceptors (Lipinski definition) is 4. The predicted molar refractivity (Wildman–Crippen MR) is 43.0 cm³/mol. The summed E-state index contributed by atoms with van der Waals surface area (Å²) in [5.41, 5.74) is 4.66. The van der Waals surface area contributed by atoms with Gasteiger partial charge < -0.3 is 15.8 Å². The van der Waals surface area contributed by atoms with E-state index in [1.807, 2.05) is 5.10 Å². The highest BCUT2D eigenvalue weighted by atomic mass is 19.4. The Morgan fingerprint density at radius 3 is 2.73 bits per heavy atom. The molecule has 0 saturated heterocycles. The van der Waals surface area contributed by atoms with E-state index in [-0.39, 0.29) is 5.56 Å². The normalized spacial score (nSPS) is 13.9. The minimum atomic E-state index is -4.58. The zero-order valence-electron chi connectivity index (χ0n) is 7.28. The number of nitro groups is 1. The van der Waals surface area contributed by atoms with Crippen LogP contribution in [0.5, 0.6) is 0 Å². The van der Waals surface area contributed by atoms with E-state index >= 15 is 0 Å². The van der Waals surface area contributed by atoms with Gasteiger partial charge in [0, 0.05) is 6.42 Å². The number of aromatic nitrogens is 2. The minimum Gasteiger partial charge on any atom is -0.358 e. The number of rotatable bonds is 3. The van der Waals surface area contributed by atoms with Gasteiger partial charge in [0.1, 0.15) is 6.04 Å². The van der Waals surface area contributed by atoms with Crippen molar-refractivity contribution in [2.45, 2.75) is 18.6 Å². The summed E-state index contributed by atoms with van der Waals surface area (Å²) in [7, 11) is 0. The lowest BCUT2D eigenvalue weighted by molar-refractivity contribution is -0.390. The van der Waals surface area contributed by atoms with Crippen molar-refractivity contribution in [2.75, 3.05) is 0 Å². The molecule has 0 saturated carbocycles. The molecule has 1 aromatic heterocycles. The fourth-order valence-corrected chi connectivity index (χ4v) is 0.964. The predicted octanol–water partition coefficient (Wildman–Crippen LogP) is 0.750. The van der Waals surface area contributed by atoms with Crippen molar-refractivity contribution in [2.24, 2.45) is 5.73 Å². The van der Waals surface area contributed by atoms with Crippen molar-refractivity contribution in [1.29, 1.82) is 0 Å². The number of nitrogens with one attached hydrogen (secondary N) is 1. The van der Waals surface area contributed by atoms with Gasteiger partial charge in [-0.15, -0.1) is 5.10 Å². The SMILES string of the molecule is NC(Cc1cn[nH]c1[N+](=O)[O-])C(F)(F)F. The second-order valence-corrected chi connectivity index (χ2v) is 2.85. The average Bonchev–Trinajstić information content (AvgIpc) is 2.50. The Labute approximate surface area is 81.4 Å². The summed E-state index contributed by atoms with van der Waals surface area (Å²) in [4.78, 5) is 9.48. The van der Waals surface area contributed by atoms with E-state index < -0.39 is 29.4 Å². The third-order valence-electron chi connectivity index (χ3n) is 1.74. The molecule has 0 fully saturated rings. The highest BCUT2D eigenvalue weighted by Crippen LogP contribution is 2.24. The minimum absolute atomic E-state index is 0.162. The number of aromatic amines is 1. The monoisotopic (exact) mass is 224 g/mol. The number of halogens is 3. The molecule has 6 nitrogen and oxygen atoms in total. The van der Waals surface area contributed by atoms with Crippen molar-refractivity contribution in [3.05, 3.63) is 21.9 Å². The maximum absolute atomic E-state index is 12.0. The van der Waals surface area contributed by atoms with Gasteiger partial charge in [-0.1, -0.05) is 5.10 Å². The molecular weight excluding hydrogens is 217 g/mol. The average molecular weight is 224 g/mol. The van der Waals surface area contributed by atoms with Gasteiger partial charge in [-0.3, -0.25) is 0 Å². The van der Waals surface area contributed by atoms with Crippen molar-refractivity contribution in [1.82, 2.24) is 10.2 Å². The van der Waals surface area contributed by atoms with E-state index in [1.54, 1.807) is 0 Å². The molecule has 15 heavy (non-hydrogen) atoms. The topological polar surface area (TPSA) is 97.8 Å². The first-order chi connectivity index (χ1) is 6.82. The van der Waals surface area contributed by atoms with Crippen LogP contribution in [0.4, 0.5) is 19.0 Å². The summed E-state index contributed by atoms with van der Waals surface area (Å²) in [6.45, 7) is 0. The summed E-state index contributed by atoms with van der Waals surface area (Å²) in [6.07, 6.45) is -4.29. The summed E-state index contributed by atoms with van der Waals surface area (Å²) >= 11 is 0. The molecule has 3 N–H and O–H groups in total. The fraction of sp³-hybridized carbons (Fsp3) is 0.500. The van der Waals surface area contributed by atoms with Gasteiger partial charge in [0.25, 0.3) is 0 Å². The van der Waals surface area contributed by atoms with E-state index in [1.165, 1.54) is 0 Å². The van der Waals surface area contributed by atoms with Crippen molar-refractivity contribution in [3.8, 4) is 0 Å². The lowest BCUT2D eigenvalue weighted by atomic mass is 10.1. The number of H-pyrrole nitrogens is 1. The third-order valence-corrected chi connectivity index (χ3v) is 1.74. The van der Waals surface area contributed by atoms with Crippen molar-refractivity contribution >= 4 is 5.82 Å². The van der Waals surface area contributed by atoms with Gasteiger partial charge in [-0.25, -0.2) is 0 Å². The number of nitrogens with two attached hydrogens (primary N) is 1. The van der Waals surface area contributed by atoms with Gasteiger partial charge in [-0.2, -0.15) is 13.2 Å². The number of hydrogen-bond donors (Lipinski definition) is 2. The first-order valence-electron chi connectivity index (χ1n) is 3.81. The Bertz CT molecular complexity index is 362. The molecule has 0 aromatic carbocycles. The number of alkyl halides is 3. The first-order valence-corrected chi connectivity index (χ1v) is 3.81. The largest absolute Gasteiger partial charge is 0.403 e. The van der Waals surface area contributed by atoms with Crippen LogP contribution in [-0.4, -0.2) is 27.3 Å². The molecule has 0 amide bonds.